The Hall–Kier alpha value is -2.88. The second kappa shape index (κ2) is 9.88. The normalized spacial score (nSPS) is 23.6. The minimum atomic E-state index is -4.64. The summed E-state index contributed by atoms with van der Waals surface area (Å²) in [5.41, 5.74) is -0.256. The molecule has 1 amide bonds. The van der Waals surface area contributed by atoms with Gasteiger partial charge in [0, 0.05) is 29.8 Å². The van der Waals surface area contributed by atoms with E-state index < -0.39 is 11.7 Å². The number of likely N-dealkylation sites (tertiary alicyclic amines) is 1. The van der Waals surface area contributed by atoms with Gasteiger partial charge in [0.25, 0.3) is 0 Å². The minimum Gasteiger partial charge on any atom is -0.460 e. The number of hydrogen-bond donors (Lipinski definition) is 2. The smallest absolute Gasteiger partial charge is 0.417 e. The number of benzene rings is 1. The van der Waals surface area contributed by atoms with Gasteiger partial charge >= 0.3 is 12.2 Å². The van der Waals surface area contributed by atoms with E-state index in [1.165, 1.54) is 0 Å². The summed E-state index contributed by atoms with van der Waals surface area (Å²) < 4.78 is 47.1. The number of carbonyl (C=O) groups excluding carboxylic acids is 1. The number of carbonyl (C=O) groups is 1. The average Bonchev–Trinajstić information content (AvgIpc) is 3.61. The molecule has 2 aromatic rings. The summed E-state index contributed by atoms with van der Waals surface area (Å²) in [5, 5.41) is 6.82. The lowest BCUT2D eigenvalue weighted by atomic mass is 10.0. The maximum Gasteiger partial charge on any atom is 0.417 e. The number of piperidine rings is 1. The highest BCUT2D eigenvalue weighted by atomic mass is 19.4. The van der Waals surface area contributed by atoms with Crippen LogP contribution >= 0.6 is 0 Å². The quantitative estimate of drug-likeness (QED) is 0.578. The number of nitrogens with one attached hydrogen (secondary N) is 2. The molecule has 2 heterocycles. The lowest BCUT2D eigenvalue weighted by Gasteiger charge is -2.30. The molecule has 2 aliphatic carbocycles. The van der Waals surface area contributed by atoms with Crippen LogP contribution in [0.15, 0.2) is 24.8 Å². The summed E-state index contributed by atoms with van der Waals surface area (Å²) in [6, 6.07) is 5.22. The molecule has 5 rings (SSSR count). The average molecular weight is 504 g/mol. The van der Waals surface area contributed by atoms with Crippen LogP contribution in [0.1, 0.15) is 50.6 Å². The van der Waals surface area contributed by atoms with E-state index in [2.05, 4.69) is 39.1 Å². The van der Waals surface area contributed by atoms with Crippen LogP contribution in [-0.4, -0.2) is 65.3 Å². The maximum absolute atomic E-state index is 13.7. The number of halogens is 3. The molecular weight excluding hydrogens is 471 g/mol. The predicted octanol–water partition coefficient (Wildman–Crippen LogP) is 4.54. The van der Waals surface area contributed by atoms with Gasteiger partial charge in [0.1, 0.15) is 11.6 Å². The Bertz CT molecular complexity index is 1140. The number of para-hydroxylation sites is 1. The highest BCUT2D eigenvalue weighted by Crippen LogP contribution is 2.38. The third-order valence-corrected chi connectivity index (χ3v) is 7.36. The van der Waals surface area contributed by atoms with Gasteiger partial charge in [-0.1, -0.05) is 18.7 Å². The molecule has 2 N–H and O–H groups in total. The van der Waals surface area contributed by atoms with E-state index >= 15 is 0 Å². The van der Waals surface area contributed by atoms with Crippen molar-refractivity contribution < 1.29 is 22.7 Å². The summed E-state index contributed by atoms with van der Waals surface area (Å²) in [4.78, 5) is 23.1. The van der Waals surface area contributed by atoms with Crippen LogP contribution in [-0.2, 0) is 4.79 Å². The zero-order valence-corrected chi connectivity index (χ0v) is 20.4. The zero-order chi connectivity index (χ0) is 25.4. The van der Waals surface area contributed by atoms with E-state index in [4.69, 9.17) is 4.74 Å². The molecule has 7 nitrogen and oxygen atoms in total. The van der Waals surface area contributed by atoms with Crippen molar-refractivity contribution in [1.29, 1.82) is 0 Å². The molecular formula is C26H32F3N5O2. The lowest BCUT2D eigenvalue weighted by Crippen LogP contribution is -2.36. The van der Waals surface area contributed by atoms with E-state index in [0.29, 0.717) is 24.0 Å². The van der Waals surface area contributed by atoms with Crippen LogP contribution in [0, 0.1) is 5.92 Å². The van der Waals surface area contributed by atoms with Gasteiger partial charge in [-0.15, -0.1) is 0 Å². The van der Waals surface area contributed by atoms with Gasteiger partial charge in [0.05, 0.1) is 17.0 Å². The van der Waals surface area contributed by atoms with E-state index in [-0.39, 0.29) is 47.1 Å². The Morgan fingerprint density at radius 3 is 2.53 bits per heavy atom. The van der Waals surface area contributed by atoms with Gasteiger partial charge in [-0.25, -0.2) is 0 Å². The third-order valence-electron chi connectivity index (χ3n) is 7.36. The highest BCUT2D eigenvalue weighted by Gasteiger charge is 2.37. The van der Waals surface area contributed by atoms with Crippen molar-refractivity contribution in [3.05, 3.63) is 30.5 Å². The Balaban J connectivity index is 1.41. The van der Waals surface area contributed by atoms with Gasteiger partial charge in [0.15, 0.2) is 0 Å². The number of aromatic nitrogens is 2. The van der Waals surface area contributed by atoms with Gasteiger partial charge in [-0.2, -0.15) is 23.1 Å². The lowest BCUT2D eigenvalue weighted by molar-refractivity contribution is -0.123. The van der Waals surface area contributed by atoms with Crippen LogP contribution in [0.2, 0.25) is 0 Å². The van der Waals surface area contributed by atoms with Crippen molar-refractivity contribution in [3.8, 4) is 6.01 Å². The Labute approximate surface area is 208 Å². The fourth-order valence-corrected chi connectivity index (χ4v) is 5.03. The van der Waals surface area contributed by atoms with Crippen molar-refractivity contribution in [1.82, 2.24) is 20.2 Å². The molecule has 10 heteroatoms. The molecule has 0 spiro atoms. The number of fused-ring (bicyclic) bond motifs is 1. The van der Waals surface area contributed by atoms with Crippen LogP contribution < -0.4 is 15.4 Å². The summed E-state index contributed by atoms with van der Waals surface area (Å²) in [7, 11) is 2.07. The van der Waals surface area contributed by atoms with E-state index in [1.54, 1.807) is 12.1 Å². The molecule has 1 saturated heterocycles. The summed E-state index contributed by atoms with van der Waals surface area (Å²) >= 11 is 0. The highest BCUT2D eigenvalue weighted by molar-refractivity contribution is 5.97. The standard InChI is InChI=1S/C26H32F3N5O2/c1-15(26(27,28)29)22-20-4-3-5-21(30-17-10-12-34(2)13-11-17)23(20)33-25(32-22)36-19-9-8-18(14-19)31-24(35)16-6-7-16/h3-5,16-19,30H,1,6-14H2,2H3,(H,31,35)/t18-,19+/m0/s1. The second-order valence-corrected chi connectivity index (χ2v) is 10.3. The minimum absolute atomic E-state index is 0.00479. The maximum atomic E-state index is 13.7. The van der Waals surface area contributed by atoms with Crippen molar-refractivity contribution in [2.45, 2.75) is 69.3 Å². The zero-order valence-electron chi connectivity index (χ0n) is 20.4. The first-order chi connectivity index (χ1) is 17.2. The molecule has 0 bridgehead atoms. The van der Waals surface area contributed by atoms with Crippen molar-refractivity contribution in [2.75, 3.05) is 25.5 Å². The number of rotatable bonds is 7. The molecule has 1 aliphatic heterocycles. The molecule has 3 aliphatic rings. The summed E-state index contributed by atoms with van der Waals surface area (Å²) in [5.74, 6) is 0.205. The van der Waals surface area contributed by atoms with Crippen LogP contribution in [0.4, 0.5) is 18.9 Å². The number of hydrogen-bond acceptors (Lipinski definition) is 6. The van der Waals surface area contributed by atoms with E-state index in [9.17, 15) is 18.0 Å². The Morgan fingerprint density at radius 2 is 1.83 bits per heavy atom. The summed E-state index contributed by atoms with van der Waals surface area (Å²) in [6.45, 7) is 5.19. The van der Waals surface area contributed by atoms with Crippen molar-refractivity contribution in [3.63, 3.8) is 0 Å². The molecule has 194 valence electrons. The van der Waals surface area contributed by atoms with Crippen molar-refractivity contribution in [2.24, 2.45) is 5.92 Å². The number of nitrogens with zero attached hydrogens (tertiary/aromatic N) is 3. The molecule has 36 heavy (non-hydrogen) atoms. The fourth-order valence-electron chi connectivity index (χ4n) is 5.03. The van der Waals surface area contributed by atoms with Crippen LogP contribution in [0.5, 0.6) is 6.01 Å². The monoisotopic (exact) mass is 503 g/mol. The van der Waals surface area contributed by atoms with Crippen LogP contribution in [0.25, 0.3) is 16.5 Å². The van der Waals surface area contributed by atoms with Crippen molar-refractivity contribution >= 4 is 28.1 Å². The van der Waals surface area contributed by atoms with Gasteiger partial charge < -0.3 is 20.3 Å². The number of ether oxygens (including phenoxy) is 1. The van der Waals surface area contributed by atoms with Crippen LogP contribution in [0.3, 0.4) is 0 Å². The predicted molar refractivity (Wildman–Crippen MR) is 132 cm³/mol. The molecule has 1 aromatic heterocycles. The number of anilines is 1. The Kier molecular flexibility index (Phi) is 6.80. The molecule has 2 atom stereocenters. The SMILES string of the molecule is C=C(c1nc(O[C@@H]2CC[C@H](NC(=O)C3CC3)C2)nc2c(NC3CCN(C)CC3)cccc12)C(F)(F)F. The molecule has 1 aromatic carbocycles. The topological polar surface area (TPSA) is 79.4 Å². The molecule has 0 unspecified atom stereocenters. The molecule has 0 radical (unpaired) electrons. The number of allylic oxidation sites excluding steroid dienone is 1. The number of alkyl halides is 3. The first kappa shape index (κ1) is 24.8. The van der Waals surface area contributed by atoms with E-state index in [0.717, 1.165) is 45.2 Å². The molecule has 3 fully saturated rings. The second-order valence-electron chi connectivity index (χ2n) is 10.3. The molecule has 2 saturated carbocycles. The largest absolute Gasteiger partial charge is 0.460 e. The number of amides is 1. The first-order valence-corrected chi connectivity index (χ1v) is 12.7. The fraction of sp³-hybridized carbons (Fsp3) is 0.577. The first-order valence-electron chi connectivity index (χ1n) is 12.7. The van der Waals surface area contributed by atoms with Gasteiger partial charge in [-0.05, 0) is 64.7 Å². The third kappa shape index (κ3) is 5.58. The van der Waals surface area contributed by atoms with E-state index in [1.807, 2.05) is 6.07 Å². The van der Waals surface area contributed by atoms with Gasteiger partial charge in [0.2, 0.25) is 5.91 Å². The Morgan fingerprint density at radius 1 is 1.08 bits per heavy atom. The van der Waals surface area contributed by atoms with Gasteiger partial charge in [-0.3, -0.25) is 4.79 Å². The summed E-state index contributed by atoms with van der Waals surface area (Å²) in [6.07, 6.45) is 0.801.